The van der Waals surface area contributed by atoms with E-state index < -0.39 is 10.0 Å². The van der Waals surface area contributed by atoms with Crippen LogP contribution >= 0.6 is 11.6 Å². The number of ether oxygens (including phenoxy) is 1. The maximum absolute atomic E-state index is 12.3. The van der Waals surface area contributed by atoms with Crippen LogP contribution < -0.4 is 4.74 Å². The zero-order valence-electron chi connectivity index (χ0n) is 14.3. The van der Waals surface area contributed by atoms with E-state index in [1.54, 1.807) is 31.4 Å². The second-order valence-electron chi connectivity index (χ2n) is 5.57. The topological polar surface area (TPSA) is 85.5 Å². The van der Waals surface area contributed by atoms with Gasteiger partial charge in [0.2, 0.25) is 21.8 Å². The molecule has 1 aromatic heterocycles. The van der Waals surface area contributed by atoms with Crippen molar-refractivity contribution in [3.8, 4) is 28.7 Å². The maximum atomic E-state index is 12.3. The Labute approximate surface area is 156 Å². The lowest BCUT2D eigenvalue weighted by atomic mass is 10.2. The normalized spacial score (nSPS) is 11.7. The predicted molar refractivity (Wildman–Crippen MR) is 97.6 cm³/mol. The van der Waals surface area contributed by atoms with Crippen LogP contribution in [-0.2, 0) is 10.0 Å². The molecule has 0 spiro atoms. The Morgan fingerprint density at radius 3 is 2.31 bits per heavy atom. The van der Waals surface area contributed by atoms with Crippen LogP contribution in [-0.4, -0.2) is 44.1 Å². The molecule has 0 aliphatic rings. The molecule has 0 radical (unpaired) electrons. The van der Waals surface area contributed by atoms with Gasteiger partial charge in [0.15, 0.2) is 0 Å². The summed E-state index contributed by atoms with van der Waals surface area (Å²) in [5.41, 5.74) is 1.06. The second-order valence-corrected chi connectivity index (χ2v) is 8.13. The fourth-order valence-electron chi connectivity index (χ4n) is 2.22. The molecule has 0 fully saturated rings. The fourth-order valence-corrected chi connectivity index (χ4v) is 3.35. The summed E-state index contributed by atoms with van der Waals surface area (Å²) in [6.07, 6.45) is 0. The highest BCUT2D eigenvalue weighted by Gasteiger charge is 2.21. The SMILES string of the molecule is COc1ccc(-c2nnc(-c3cc(S(=O)(=O)N(C)C)ccc3Cl)o2)cc1. The Bertz CT molecular complexity index is 1030. The lowest BCUT2D eigenvalue weighted by molar-refractivity contribution is 0.415. The third kappa shape index (κ3) is 3.44. The van der Waals surface area contributed by atoms with Gasteiger partial charge < -0.3 is 9.15 Å². The van der Waals surface area contributed by atoms with Crippen molar-refractivity contribution in [3.05, 3.63) is 47.5 Å². The van der Waals surface area contributed by atoms with Crippen molar-refractivity contribution in [1.29, 1.82) is 0 Å². The highest BCUT2D eigenvalue weighted by Crippen LogP contribution is 2.32. The Hall–Kier alpha value is -2.42. The van der Waals surface area contributed by atoms with Gasteiger partial charge in [0.25, 0.3) is 0 Å². The first-order valence-electron chi connectivity index (χ1n) is 7.53. The quantitative estimate of drug-likeness (QED) is 0.661. The molecule has 0 N–H and O–H groups in total. The van der Waals surface area contributed by atoms with Crippen LogP contribution in [0.15, 0.2) is 51.8 Å². The molecule has 0 saturated carbocycles. The van der Waals surface area contributed by atoms with E-state index >= 15 is 0 Å². The van der Waals surface area contributed by atoms with Gasteiger partial charge in [0.05, 0.1) is 22.6 Å². The van der Waals surface area contributed by atoms with Crippen LogP contribution in [0.3, 0.4) is 0 Å². The first-order chi connectivity index (χ1) is 12.3. The number of aromatic nitrogens is 2. The van der Waals surface area contributed by atoms with Crippen molar-refractivity contribution in [1.82, 2.24) is 14.5 Å². The van der Waals surface area contributed by atoms with E-state index in [4.69, 9.17) is 20.8 Å². The molecule has 0 aliphatic heterocycles. The third-order valence-corrected chi connectivity index (χ3v) is 5.85. The molecule has 0 bridgehead atoms. The van der Waals surface area contributed by atoms with E-state index in [9.17, 15) is 8.42 Å². The Morgan fingerprint density at radius 1 is 1.04 bits per heavy atom. The van der Waals surface area contributed by atoms with E-state index in [2.05, 4.69) is 10.2 Å². The van der Waals surface area contributed by atoms with Crippen LogP contribution in [0, 0.1) is 0 Å². The lowest BCUT2D eigenvalue weighted by Crippen LogP contribution is -2.22. The number of benzene rings is 2. The Morgan fingerprint density at radius 2 is 1.69 bits per heavy atom. The number of hydrogen-bond acceptors (Lipinski definition) is 6. The van der Waals surface area contributed by atoms with Crippen molar-refractivity contribution in [2.45, 2.75) is 4.90 Å². The van der Waals surface area contributed by atoms with Crippen molar-refractivity contribution >= 4 is 21.6 Å². The fraction of sp³-hybridized carbons (Fsp3) is 0.176. The van der Waals surface area contributed by atoms with Crippen LogP contribution in [0.25, 0.3) is 22.9 Å². The number of halogens is 1. The van der Waals surface area contributed by atoms with Gasteiger partial charge in [-0.15, -0.1) is 10.2 Å². The molecule has 7 nitrogen and oxygen atoms in total. The maximum Gasteiger partial charge on any atom is 0.249 e. The molecule has 1 heterocycles. The van der Waals surface area contributed by atoms with Crippen LogP contribution in [0.4, 0.5) is 0 Å². The summed E-state index contributed by atoms with van der Waals surface area (Å²) in [6.45, 7) is 0. The van der Waals surface area contributed by atoms with E-state index in [-0.39, 0.29) is 10.8 Å². The zero-order valence-corrected chi connectivity index (χ0v) is 15.9. The van der Waals surface area contributed by atoms with Crippen molar-refractivity contribution in [3.63, 3.8) is 0 Å². The monoisotopic (exact) mass is 393 g/mol. The average molecular weight is 394 g/mol. The zero-order chi connectivity index (χ0) is 18.9. The molecule has 0 atom stereocenters. The van der Waals surface area contributed by atoms with E-state index in [1.165, 1.54) is 32.3 Å². The molecule has 3 aromatic rings. The molecule has 0 unspecified atom stereocenters. The van der Waals surface area contributed by atoms with Crippen LogP contribution in [0.1, 0.15) is 0 Å². The van der Waals surface area contributed by atoms with Gasteiger partial charge in [-0.2, -0.15) is 0 Å². The van der Waals surface area contributed by atoms with Crippen LogP contribution in [0.2, 0.25) is 5.02 Å². The molecule has 136 valence electrons. The minimum Gasteiger partial charge on any atom is -0.497 e. The molecule has 0 amide bonds. The molecule has 9 heteroatoms. The molecule has 2 aromatic carbocycles. The third-order valence-electron chi connectivity index (χ3n) is 3.71. The summed E-state index contributed by atoms with van der Waals surface area (Å²) in [6, 6.07) is 11.5. The minimum absolute atomic E-state index is 0.0890. The molecular formula is C17H16ClN3O4S. The first kappa shape index (κ1) is 18.4. The van der Waals surface area contributed by atoms with Crippen molar-refractivity contribution in [2.24, 2.45) is 0 Å². The van der Waals surface area contributed by atoms with Gasteiger partial charge in [0, 0.05) is 19.7 Å². The number of hydrogen-bond donors (Lipinski definition) is 0. The summed E-state index contributed by atoms with van der Waals surface area (Å²) in [7, 11) is 0.887. The smallest absolute Gasteiger partial charge is 0.249 e. The van der Waals surface area contributed by atoms with E-state index in [0.717, 1.165) is 4.31 Å². The molecular weight excluding hydrogens is 378 g/mol. The lowest BCUT2D eigenvalue weighted by Gasteiger charge is -2.12. The van der Waals surface area contributed by atoms with Gasteiger partial charge in [-0.1, -0.05) is 11.6 Å². The minimum atomic E-state index is -3.61. The van der Waals surface area contributed by atoms with Gasteiger partial charge in [0.1, 0.15) is 5.75 Å². The van der Waals surface area contributed by atoms with E-state index in [1.807, 2.05) is 0 Å². The summed E-state index contributed by atoms with van der Waals surface area (Å²) in [5, 5.41) is 8.32. The molecule has 0 saturated heterocycles. The molecule has 3 rings (SSSR count). The first-order valence-corrected chi connectivity index (χ1v) is 9.35. The van der Waals surface area contributed by atoms with Gasteiger partial charge >= 0.3 is 0 Å². The van der Waals surface area contributed by atoms with Crippen molar-refractivity contribution < 1.29 is 17.6 Å². The average Bonchev–Trinajstić information content (AvgIpc) is 3.11. The number of nitrogens with zero attached hydrogens (tertiary/aromatic N) is 3. The standard InChI is InChI=1S/C17H16ClN3O4S/c1-21(2)26(22,23)13-8-9-15(18)14(10-13)17-20-19-16(25-17)11-4-6-12(24-3)7-5-11/h4-10H,1-3H3. The highest BCUT2D eigenvalue weighted by atomic mass is 35.5. The number of sulfonamides is 1. The molecule has 26 heavy (non-hydrogen) atoms. The van der Waals surface area contributed by atoms with Crippen molar-refractivity contribution in [2.75, 3.05) is 21.2 Å². The van der Waals surface area contributed by atoms with E-state index in [0.29, 0.717) is 27.8 Å². The largest absolute Gasteiger partial charge is 0.497 e. The highest BCUT2D eigenvalue weighted by molar-refractivity contribution is 7.89. The van der Waals surface area contributed by atoms with Gasteiger partial charge in [-0.3, -0.25) is 0 Å². The van der Waals surface area contributed by atoms with Crippen LogP contribution in [0.5, 0.6) is 5.75 Å². The Kier molecular flexibility index (Phi) is 4.99. The predicted octanol–water partition coefficient (Wildman–Crippen LogP) is 3.32. The molecule has 0 aliphatic carbocycles. The summed E-state index contributed by atoms with van der Waals surface area (Å²) in [5.74, 6) is 1.13. The van der Waals surface area contributed by atoms with Gasteiger partial charge in [-0.25, -0.2) is 12.7 Å². The number of rotatable bonds is 5. The summed E-state index contributed by atoms with van der Waals surface area (Å²) < 4.78 is 36.6. The summed E-state index contributed by atoms with van der Waals surface area (Å²) >= 11 is 6.20. The number of methoxy groups -OCH3 is 1. The van der Waals surface area contributed by atoms with Gasteiger partial charge in [-0.05, 0) is 42.5 Å². The Balaban J connectivity index is 2.01. The second kappa shape index (κ2) is 7.06. The summed E-state index contributed by atoms with van der Waals surface area (Å²) in [4.78, 5) is 0.0890.